The zero-order valence-electron chi connectivity index (χ0n) is 6.28. The molecule has 1 aromatic rings. The smallest absolute Gasteiger partial charge is 0.205 e. The molecule has 0 N–H and O–H groups in total. The van der Waals surface area contributed by atoms with Gasteiger partial charge in [0, 0.05) is 15.6 Å². The number of hydrogen-bond acceptors (Lipinski definition) is 0. The summed E-state index contributed by atoms with van der Waals surface area (Å²) in [6.45, 7) is 0. The van der Waals surface area contributed by atoms with Crippen LogP contribution in [0.1, 0.15) is 24.0 Å². The summed E-state index contributed by atoms with van der Waals surface area (Å²) in [5, 5.41) is 0. The van der Waals surface area contributed by atoms with Gasteiger partial charge in [-0.15, -0.1) is 0 Å². The number of benzene rings is 1. The van der Waals surface area contributed by atoms with E-state index in [1.807, 2.05) is 0 Å². The molecule has 0 aliphatic heterocycles. The van der Waals surface area contributed by atoms with Gasteiger partial charge in [0.25, 0.3) is 12.9 Å². The SMILES string of the molecule is FC(F)c1ccc(C(F)F)c(Br)c1. The fourth-order valence-corrected chi connectivity index (χ4v) is 1.43. The Labute approximate surface area is 80.7 Å². The quantitative estimate of drug-likeness (QED) is 0.692. The van der Waals surface area contributed by atoms with Crippen LogP contribution >= 0.6 is 15.9 Å². The molecule has 0 nitrogen and oxygen atoms in total. The van der Waals surface area contributed by atoms with E-state index in [4.69, 9.17) is 0 Å². The van der Waals surface area contributed by atoms with E-state index in [0.29, 0.717) is 0 Å². The third-order valence-electron chi connectivity index (χ3n) is 1.51. The fraction of sp³-hybridized carbons (Fsp3) is 0.250. The average Bonchev–Trinajstić information content (AvgIpc) is 2.03. The van der Waals surface area contributed by atoms with Crippen LogP contribution in [-0.4, -0.2) is 0 Å². The molecule has 1 rings (SSSR count). The van der Waals surface area contributed by atoms with E-state index in [0.717, 1.165) is 18.2 Å². The first-order chi connectivity index (χ1) is 6.02. The zero-order valence-corrected chi connectivity index (χ0v) is 7.86. The highest BCUT2D eigenvalue weighted by atomic mass is 79.9. The van der Waals surface area contributed by atoms with E-state index in [1.54, 1.807) is 0 Å². The molecule has 0 atom stereocenters. The van der Waals surface area contributed by atoms with Crippen LogP contribution in [0.5, 0.6) is 0 Å². The summed E-state index contributed by atoms with van der Waals surface area (Å²) < 4.78 is 48.4. The van der Waals surface area contributed by atoms with Crippen LogP contribution in [0.2, 0.25) is 0 Å². The molecule has 0 bridgehead atoms. The molecule has 72 valence electrons. The maximum absolute atomic E-state index is 12.1. The largest absolute Gasteiger partial charge is 0.264 e. The average molecular weight is 257 g/mol. The lowest BCUT2D eigenvalue weighted by molar-refractivity contribution is 0.146. The van der Waals surface area contributed by atoms with E-state index in [-0.39, 0.29) is 15.6 Å². The molecule has 0 saturated carbocycles. The Hall–Kier alpha value is -0.580. The van der Waals surface area contributed by atoms with Crippen LogP contribution in [0.4, 0.5) is 17.6 Å². The van der Waals surface area contributed by atoms with Gasteiger partial charge in [-0.2, -0.15) is 0 Å². The Morgan fingerprint density at radius 2 is 1.62 bits per heavy atom. The van der Waals surface area contributed by atoms with Crippen LogP contribution in [-0.2, 0) is 0 Å². The van der Waals surface area contributed by atoms with Crippen LogP contribution < -0.4 is 0 Å². The lowest BCUT2D eigenvalue weighted by atomic mass is 10.1. The van der Waals surface area contributed by atoms with Gasteiger partial charge < -0.3 is 0 Å². The summed E-state index contributed by atoms with van der Waals surface area (Å²) >= 11 is 2.80. The molecule has 0 unspecified atom stereocenters. The Kier molecular flexibility index (Phi) is 3.30. The Bertz CT molecular complexity index is 298. The van der Waals surface area contributed by atoms with Crippen LogP contribution in [0.15, 0.2) is 22.7 Å². The zero-order chi connectivity index (χ0) is 10.0. The van der Waals surface area contributed by atoms with Crippen molar-refractivity contribution in [2.45, 2.75) is 12.9 Å². The van der Waals surface area contributed by atoms with E-state index < -0.39 is 12.9 Å². The van der Waals surface area contributed by atoms with Crippen molar-refractivity contribution in [2.24, 2.45) is 0 Å². The number of halogens is 5. The molecule has 0 radical (unpaired) electrons. The van der Waals surface area contributed by atoms with Crippen molar-refractivity contribution >= 4 is 15.9 Å². The first kappa shape index (κ1) is 10.5. The van der Waals surface area contributed by atoms with E-state index in [9.17, 15) is 17.6 Å². The van der Waals surface area contributed by atoms with Gasteiger partial charge in [0.05, 0.1) is 0 Å². The monoisotopic (exact) mass is 256 g/mol. The Morgan fingerprint density at radius 1 is 1.00 bits per heavy atom. The minimum atomic E-state index is -2.65. The number of hydrogen-bond donors (Lipinski definition) is 0. The van der Waals surface area contributed by atoms with Gasteiger partial charge in [0.1, 0.15) is 0 Å². The maximum Gasteiger partial charge on any atom is 0.264 e. The van der Waals surface area contributed by atoms with Gasteiger partial charge in [0.15, 0.2) is 0 Å². The molecular formula is C8H5BrF4. The normalized spacial score (nSPS) is 11.3. The first-order valence-corrected chi connectivity index (χ1v) is 4.17. The standard InChI is InChI=1S/C8H5BrF4/c9-6-3-4(7(10)11)1-2-5(6)8(12)13/h1-3,7-8H. The fourth-order valence-electron chi connectivity index (χ4n) is 0.856. The molecule has 5 heteroatoms. The molecule has 0 aliphatic carbocycles. The molecule has 0 aromatic heterocycles. The minimum Gasteiger partial charge on any atom is -0.205 e. The predicted molar refractivity (Wildman–Crippen MR) is 44.1 cm³/mol. The van der Waals surface area contributed by atoms with Crippen LogP contribution in [0.3, 0.4) is 0 Å². The highest BCUT2D eigenvalue weighted by molar-refractivity contribution is 9.10. The second-order valence-corrected chi connectivity index (χ2v) is 3.24. The summed E-state index contributed by atoms with van der Waals surface area (Å²) in [6, 6.07) is 3.00. The third kappa shape index (κ3) is 2.43. The van der Waals surface area contributed by atoms with Crippen molar-refractivity contribution in [2.75, 3.05) is 0 Å². The summed E-state index contributed by atoms with van der Waals surface area (Å²) in [7, 11) is 0. The third-order valence-corrected chi connectivity index (χ3v) is 2.20. The Morgan fingerprint density at radius 3 is 2.00 bits per heavy atom. The van der Waals surface area contributed by atoms with Crippen LogP contribution in [0, 0.1) is 0 Å². The highest BCUT2D eigenvalue weighted by Gasteiger charge is 2.14. The molecule has 13 heavy (non-hydrogen) atoms. The minimum absolute atomic E-state index is 0.0142. The molecular weight excluding hydrogens is 252 g/mol. The summed E-state index contributed by atoms with van der Waals surface area (Å²) in [5.41, 5.74) is -0.541. The van der Waals surface area contributed by atoms with Crippen molar-refractivity contribution in [1.82, 2.24) is 0 Å². The van der Waals surface area contributed by atoms with Crippen molar-refractivity contribution in [3.63, 3.8) is 0 Å². The van der Waals surface area contributed by atoms with Gasteiger partial charge in [-0.05, 0) is 6.07 Å². The highest BCUT2D eigenvalue weighted by Crippen LogP contribution is 2.30. The Balaban J connectivity index is 3.06. The molecule has 0 amide bonds. The van der Waals surface area contributed by atoms with Crippen molar-refractivity contribution in [3.05, 3.63) is 33.8 Å². The molecule has 0 aliphatic rings. The number of alkyl halides is 4. The lowest BCUT2D eigenvalue weighted by Crippen LogP contribution is -1.90. The van der Waals surface area contributed by atoms with Crippen LogP contribution in [0.25, 0.3) is 0 Å². The maximum atomic E-state index is 12.1. The van der Waals surface area contributed by atoms with Crippen molar-refractivity contribution in [1.29, 1.82) is 0 Å². The second-order valence-electron chi connectivity index (χ2n) is 2.38. The van der Waals surface area contributed by atoms with Gasteiger partial charge in [-0.1, -0.05) is 28.1 Å². The van der Waals surface area contributed by atoms with E-state index >= 15 is 0 Å². The first-order valence-electron chi connectivity index (χ1n) is 3.38. The van der Waals surface area contributed by atoms with Gasteiger partial charge in [-0.3, -0.25) is 0 Å². The lowest BCUT2D eigenvalue weighted by Gasteiger charge is -2.05. The summed E-state index contributed by atoms with van der Waals surface area (Å²) in [5.74, 6) is 0. The predicted octanol–water partition coefficient (Wildman–Crippen LogP) is 4.32. The molecule has 1 aromatic carbocycles. The summed E-state index contributed by atoms with van der Waals surface area (Å²) in [4.78, 5) is 0. The van der Waals surface area contributed by atoms with Crippen molar-refractivity contribution < 1.29 is 17.6 Å². The van der Waals surface area contributed by atoms with Gasteiger partial charge >= 0.3 is 0 Å². The number of rotatable bonds is 2. The van der Waals surface area contributed by atoms with E-state index in [1.165, 1.54) is 0 Å². The molecule has 0 fully saturated rings. The molecule has 0 saturated heterocycles. The van der Waals surface area contributed by atoms with Gasteiger partial charge in [0.2, 0.25) is 0 Å². The van der Waals surface area contributed by atoms with Gasteiger partial charge in [-0.25, -0.2) is 17.6 Å². The van der Waals surface area contributed by atoms with E-state index in [2.05, 4.69) is 15.9 Å². The topological polar surface area (TPSA) is 0 Å². The summed E-state index contributed by atoms with van der Waals surface area (Å²) in [6.07, 6.45) is -5.29. The molecule has 0 heterocycles. The van der Waals surface area contributed by atoms with Crippen molar-refractivity contribution in [3.8, 4) is 0 Å². The molecule has 0 spiro atoms. The second kappa shape index (κ2) is 4.09.